The van der Waals surface area contributed by atoms with Crippen LogP contribution in [0.1, 0.15) is 24.8 Å². The number of aryl methyl sites for hydroxylation is 2. The van der Waals surface area contributed by atoms with Crippen molar-refractivity contribution in [1.29, 1.82) is 0 Å². The van der Waals surface area contributed by atoms with Gasteiger partial charge in [-0.15, -0.1) is 23.4 Å². The highest BCUT2D eigenvalue weighted by molar-refractivity contribution is 7.99. The monoisotopic (exact) mass is 415 g/mol. The summed E-state index contributed by atoms with van der Waals surface area (Å²) in [5, 5.41) is 1.32. The van der Waals surface area contributed by atoms with E-state index in [1.165, 1.54) is 32.6 Å². The topological polar surface area (TPSA) is 23.4 Å². The number of halogens is 1. The third-order valence-corrected chi connectivity index (χ3v) is 6.77. The zero-order valence-electron chi connectivity index (χ0n) is 16.5. The van der Waals surface area contributed by atoms with Crippen LogP contribution in [-0.2, 0) is 13.0 Å². The molecule has 0 fully saturated rings. The van der Waals surface area contributed by atoms with E-state index in [0.717, 1.165) is 55.4 Å². The number of rotatable bonds is 7. The summed E-state index contributed by atoms with van der Waals surface area (Å²) in [5.41, 5.74) is 5.40. The predicted molar refractivity (Wildman–Crippen MR) is 119 cm³/mol. The molecule has 0 bridgehead atoms. The second-order valence-electron chi connectivity index (χ2n) is 7.07. The lowest BCUT2D eigenvalue weighted by molar-refractivity contribution is 0.414. The Labute approximate surface area is 176 Å². The van der Waals surface area contributed by atoms with Crippen LogP contribution in [0, 0.1) is 0 Å². The molecule has 5 heteroatoms. The van der Waals surface area contributed by atoms with Gasteiger partial charge in [0.2, 0.25) is 0 Å². The van der Waals surface area contributed by atoms with Crippen LogP contribution in [0.2, 0.25) is 0 Å². The number of hydrogen-bond acceptors (Lipinski definition) is 3. The number of nitrogens with zero attached hydrogens (tertiary/aromatic N) is 1. The summed E-state index contributed by atoms with van der Waals surface area (Å²) < 4.78 is 13.5. The van der Waals surface area contributed by atoms with Crippen molar-refractivity contribution >= 4 is 34.3 Å². The molecule has 0 amide bonds. The molecule has 0 saturated carbocycles. The van der Waals surface area contributed by atoms with Crippen molar-refractivity contribution < 1.29 is 9.47 Å². The number of alkyl halides is 1. The Morgan fingerprint density at radius 2 is 1.79 bits per heavy atom. The van der Waals surface area contributed by atoms with Crippen molar-refractivity contribution in [2.24, 2.45) is 0 Å². The second kappa shape index (κ2) is 8.71. The minimum absolute atomic E-state index is 0.737. The molecule has 148 valence electrons. The molecule has 1 aromatic heterocycles. The summed E-state index contributed by atoms with van der Waals surface area (Å²) >= 11 is 7.81. The summed E-state index contributed by atoms with van der Waals surface area (Å²) in [6.45, 7) is 1.01. The van der Waals surface area contributed by atoms with Crippen LogP contribution >= 0.6 is 23.4 Å². The van der Waals surface area contributed by atoms with E-state index in [1.54, 1.807) is 14.2 Å². The summed E-state index contributed by atoms with van der Waals surface area (Å²) in [7, 11) is 3.47. The van der Waals surface area contributed by atoms with Gasteiger partial charge in [0.25, 0.3) is 0 Å². The molecule has 2 aromatic carbocycles. The first-order valence-corrected chi connectivity index (χ1v) is 11.3. The first kappa shape index (κ1) is 19.5. The van der Waals surface area contributed by atoms with Gasteiger partial charge in [-0.3, -0.25) is 0 Å². The van der Waals surface area contributed by atoms with Gasteiger partial charge in [-0.2, -0.15) is 0 Å². The van der Waals surface area contributed by atoms with E-state index < -0.39 is 0 Å². The van der Waals surface area contributed by atoms with E-state index in [4.69, 9.17) is 21.1 Å². The average molecular weight is 416 g/mol. The van der Waals surface area contributed by atoms with Crippen LogP contribution in [-0.4, -0.2) is 30.4 Å². The molecule has 1 aliphatic rings. The molecule has 0 saturated heterocycles. The SMILES string of the molecule is COc1ccc2c(c1)SCCc1c-2n(CCCCCCl)c2ccc(OC)cc12. The Morgan fingerprint density at radius 3 is 2.57 bits per heavy atom. The molecule has 0 N–H and O–H groups in total. The number of unbranched alkanes of at least 4 members (excludes halogenated alkanes) is 2. The maximum Gasteiger partial charge on any atom is 0.120 e. The summed E-state index contributed by atoms with van der Waals surface area (Å²) in [6, 6.07) is 12.9. The highest BCUT2D eigenvalue weighted by Crippen LogP contribution is 2.44. The van der Waals surface area contributed by atoms with E-state index in [-0.39, 0.29) is 0 Å². The van der Waals surface area contributed by atoms with Crippen LogP contribution in [0.5, 0.6) is 11.5 Å². The van der Waals surface area contributed by atoms with E-state index in [9.17, 15) is 0 Å². The average Bonchev–Trinajstić information content (AvgIpc) is 2.90. The zero-order valence-corrected chi connectivity index (χ0v) is 18.0. The molecule has 0 unspecified atom stereocenters. The minimum Gasteiger partial charge on any atom is -0.497 e. The Kier molecular flexibility index (Phi) is 6.07. The molecule has 0 radical (unpaired) electrons. The maximum absolute atomic E-state index is 5.89. The third-order valence-electron chi connectivity index (χ3n) is 5.44. The van der Waals surface area contributed by atoms with Gasteiger partial charge in [-0.25, -0.2) is 0 Å². The molecular weight excluding hydrogens is 390 g/mol. The smallest absolute Gasteiger partial charge is 0.120 e. The maximum atomic E-state index is 5.89. The second-order valence-corrected chi connectivity index (χ2v) is 8.59. The van der Waals surface area contributed by atoms with Crippen molar-refractivity contribution in [3.63, 3.8) is 0 Å². The normalized spacial score (nSPS) is 13.1. The zero-order chi connectivity index (χ0) is 19.5. The van der Waals surface area contributed by atoms with Gasteiger partial charge < -0.3 is 14.0 Å². The van der Waals surface area contributed by atoms with Crippen LogP contribution < -0.4 is 9.47 Å². The van der Waals surface area contributed by atoms with Gasteiger partial charge in [0.15, 0.2) is 0 Å². The van der Waals surface area contributed by atoms with E-state index in [2.05, 4.69) is 41.0 Å². The molecule has 0 spiro atoms. The molecule has 3 nitrogen and oxygen atoms in total. The predicted octanol–water partition coefficient (Wildman–Crippen LogP) is 6.38. The third kappa shape index (κ3) is 3.60. The highest BCUT2D eigenvalue weighted by atomic mass is 35.5. The van der Waals surface area contributed by atoms with Crippen LogP contribution in [0.15, 0.2) is 41.3 Å². The molecule has 1 aliphatic heterocycles. The van der Waals surface area contributed by atoms with E-state index in [1.807, 2.05) is 11.8 Å². The number of aromatic nitrogens is 1. The molecular formula is C23H26ClNO2S. The van der Waals surface area contributed by atoms with Crippen LogP contribution in [0.25, 0.3) is 22.2 Å². The molecule has 4 rings (SSSR count). The number of methoxy groups -OCH3 is 2. The van der Waals surface area contributed by atoms with E-state index in [0.29, 0.717) is 0 Å². The molecule has 0 atom stereocenters. The first-order chi connectivity index (χ1) is 13.8. The molecule has 3 aromatic rings. The molecule has 2 heterocycles. The Bertz CT molecular complexity index is 982. The molecule has 28 heavy (non-hydrogen) atoms. The first-order valence-electron chi connectivity index (χ1n) is 9.83. The van der Waals surface area contributed by atoms with Gasteiger partial charge in [-0.1, -0.05) is 6.42 Å². The summed E-state index contributed by atoms with van der Waals surface area (Å²) in [4.78, 5) is 1.30. The number of fused-ring (bicyclic) bond motifs is 5. The van der Waals surface area contributed by atoms with Crippen molar-refractivity contribution in [1.82, 2.24) is 4.57 Å². The van der Waals surface area contributed by atoms with Crippen LogP contribution in [0.3, 0.4) is 0 Å². The number of ether oxygens (including phenoxy) is 2. The standard InChI is InChI=1S/C23H26ClNO2S/c1-26-16-7-9-21-20(14-16)18-10-13-28-22-15-17(27-2)6-8-19(22)23(18)25(21)12-5-3-4-11-24/h6-9,14-15H,3-5,10-13H2,1-2H3. The number of benzene rings is 2. The molecule has 0 aliphatic carbocycles. The fourth-order valence-corrected chi connectivity index (χ4v) is 5.31. The van der Waals surface area contributed by atoms with Crippen molar-refractivity contribution in [2.45, 2.75) is 37.1 Å². The Morgan fingerprint density at radius 1 is 1.00 bits per heavy atom. The van der Waals surface area contributed by atoms with Gasteiger partial charge in [0.05, 0.1) is 19.9 Å². The Hall–Kier alpha value is -1.78. The van der Waals surface area contributed by atoms with Crippen molar-refractivity contribution in [3.05, 3.63) is 42.0 Å². The van der Waals surface area contributed by atoms with E-state index >= 15 is 0 Å². The van der Waals surface area contributed by atoms with Crippen molar-refractivity contribution in [2.75, 3.05) is 25.9 Å². The number of hydrogen-bond donors (Lipinski definition) is 0. The largest absolute Gasteiger partial charge is 0.497 e. The minimum atomic E-state index is 0.737. The lowest BCUT2D eigenvalue weighted by atomic mass is 10.0. The quantitative estimate of drug-likeness (QED) is 0.330. The van der Waals surface area contributed by atoms with Gasteiger partial charge in [0.1, 0.15) is 11.5 Å². The van der Waals surface area contributed by atoms with Crippen LogP contribution in [0.4, 0.5) is 0 Å². The van der Waals surface area contributed by atoms with Crippen molar-refractivity contribution in [3.8, 4) is 22.8 Å². The number of thioether (sulfide) groups is 1. The van der Waals surface area contributed by atoms with Gasteiger partial charge in [0, 0.05) is 39.5 Å². The lowest BCUT2D eigenvalue weighted by Gasteiger charge is -2.14. The Balaban J connectivity index is 1.89. The lowest BCUT2D eigenvalue weighted by Crippen LogP contribution is -2.02. The highest BCUT2D eigenvalue weighted by Gasteiger charge is 2.24. The summed E-state index contributed by atoms with van der Waals surface area (Å²) in [5.74, 6) is 3.64. The van der Waals surface area contributed by atoms with Gasteiger partial charge in [-0.05, 0) is 61.2 Å². The van der Waals surface area contributed by atoms with Gasteiger partial charge >= 0.3 is 0 Å². The summed E-state index contributed by atoms with van der Waals surface area (Å²) in [6.07, 6.45) is 4.40. The fraction of sp³-hybridized carbons (Fsp3) is 0.391. The fourth-order valence-electron chi connectivity index (χ4n) is 4.07.